The first-order chi connectivity index (χ1) is 6.63. The predicted molar refractivity (Wildman–Crippen MR) is 46.3 cm³/mol. The van der Waals surface area contributed by atoms with Gasteiger partial charge < -0.3 is 20.1 Å². The molecule has 0 aliphatic rings. The van der Waals surface area contributed by atoms with Crippen molar-refractivity contribution in [3.05, 3.63) is 0 Å². The Hall–Kier alpha value is -0.530. The lowest BCUT2D eigenvalue weighted by molar-refractivity contribution is -0.310. The summed E-state index contributed by atoms with van der Waals surface area (Å²) in [4.78, 5) is 19.1. The molecule has 0 aliphatic carbocycles. The molecule has 3 atom stereocenters. The van der Waals surface area contributed by atoms with Crippen molar-refractivity contribution in [3.63, 3.8) is 0 Å². The van der Waals surface area contributed by atoms with Crippen LogP contribution in [0.5, 0.6) is 0 Å². The highest BCUT2D eigenvalue weighted by molar-refractivity contribution is 5.56. The lowest BCUT2D eigenvalue weighted by Crippen LogP contribution is -2.40. The molecular weight excluding hydrogens is 192 g/mol. The number of hydrogen-bond acceptors (Lipinski definition) is 6. The van der Waals surface area contributed by atoms with Crippen molar-refractivity contribution < 1.29 is 29.9 Å². The lowest BCUT2D eigenvalue weighted by atomic mass is 10.1. The average Bonchev–Trinajstić information content (AvgIpc) is 2.21. The van der Waals surface area contributed by atoms with Gasteiger partial charge >= 0.3 is 0 Å². The monoisotopic (exact) mass is 208 g/mol. The Bertz CT molecular complexity index is 151. The summed E-state index contributed by atoms with van der Waals surface area (Å²) in [6.07, 6.45) is -3.62. The highest BCUT2D eigenvalue weighted by atomic mass is 17.2. The molecule has 0 bridgehead atoms. The van der Waals surface area contributed by atoms with E-state index in [0.717, 1.165) is 6.42 Å². The second kappa shape index (κ2) is 7.84. The van der Waals surface area contributed by atoms with Crippen molar-refractivity contribution in [2.24, 2.45) is 0 Å². The lowest BCUT2D eigenvalue weighted by Gasteiger charge is -2.18. The molecular formula is C8H16O6. The van der Waals surface area contributed by atoms with Gasteiger partial charge in [0.25, 0.3) is 0 Å². The smallest absolute Gasteiger partial charge is 0.151 e. The summed E-state index contributed by atoms with van der Waals surface area (Å²) in [5, 5.41) is 27.0. The van der Waals surface area contributed by atoms with Crippen molar-refractivity contribution in [2.45, 2.75) is 31.7 Å². The molecule has 0 aromatic heterocycles. The summed E-state index contributed by atoms with van der Waals surface area (Å²) in [7, 11) is 0. The van der Waals surface area contributed by atoms with Gasteiger partial charge in [-0.2, -0.15) is 0 Å². The molecule has 0 aromatic rings. The van der Waals surface area contributed by atoms with Gasteiger partial charge in [-0.3, -0.25) is 0 Å². The van der Waals surface area contributed by atoms with Crippen LogP contribution < -0.4 is 0 Å². The fraction of sp³-hybridized carbons (Fsp3) is 0.875. The van der Waals surface area contributed by atoms with E-state index in [9.17, 15) is 4.79 Å². The number of carbonyl (C=O) groups is 1. The largest absolute Gasteiger partial charge is 0.388 e. The van der Waals surface area contributed by atoms with E-state index in [4.69, 9.17) is 15.3 Å². The fourth-order valence-electron chi connectivity index (χ4n) is 0.667. The summed E-state index contributed by atoms with van der Waals surface area (Å²) in [5.41, 5.74) is 0. The number of rotatable bonds is 8. The maximum absolute atomic E-state index is 10.0. The van der Waals surface area contributed by atoms with Gasteiger partial charge in [0, 0.05) is 0 Å². The van der Waals surface area contributed by atoms with Crippen molar-refractivity contribution in [1.29, 1.82) is 0 Å². The van der Waals surface area contributed by atoms with Gasteiger partial charge in [0.1, 0.15) is 24.9 Å². The summed E-state index contributed by atoms with van der Waals surface area (Å²) in [5.74, 6) is 0. The Morgan fingerprint density at radius 1 is 1.29 bits per heavy atom. The first kappa shape index (κ1) is 13.5. The second-order valence-corrected chi connectivity index (χ2v) is 2.79. The van der Waals surface area contributed by atoms with Crippen LogP contribution in [-0.2, 0) is 14.6 Å². The van der Waals surface area contributed by atoms with E-state index in [-0.39, 0.29) is 12.9 Å². The molecule has 6 heteroatoms. The van der Waals surface area contributed by atoms with Gasteiger partial charge in [0.2, 0.25) is 0 Å². The molecule has 6 nitrogen and oxygen atoms in total. The summed E-state index contributed by atoms with van der Waals surface area (Å²) in [6, 6.07) is 0. The Morgan fingerprint density at radius 2 is 1.93 bits per heavy atom. The van der Waals surface area contributed by atoms with Crippen LogP contribution in [-0.4, -0.2) is 53.1 Å². The minimum atomic E-state index is -1.61. The van der Waals surface area contributed by atoms with E-state index < -0.39 is 18.3 Å². The van der Waals surface area contributed by atoms with E-state index in [1.54, 1.807) is 0 Å². The quantitative estimate of drug-likeness (QED) is 0.197. The molecule has 0 saturated carbocycles. The molecule has 14 heavy (non-hydrogen) atoms. The number of aldehydes is 1. The SMILES string of the molecule is CCCOOC[C@@H](O)[C@@H](O)[C@H](O)C=O. The van der Waals surface area contributed by atoms with Gasteiger partial charge in [-0.05, 0) is 6.42 Å². The highest BCUT2D eigenvalue weighted by Crippen LogP contribution is 1.99. The van der Waals surface area contributed by atoms with Gasteiger partial charge in [0.15, 0.2) is 6.29 Å². The van der Waals surface area contributed by atoms with Crippen LogP contribution in [0.1, 0.15) is 13.3 Å². The molecule has 0 aromatic carbocycles. The van der Waals surface area contributed by atoms with Crippen LogP contribution >= 0.6 is 0 Å². The number of hydrogen-bond donors (Lipinski definition) is 3. The third-order valence-corrected chi connectivity index (χ3v) is 1.49. The number of carbonyl (C=O) groups excluding carboxylic acids is 1. The van der Waals surface area contributed by atoms with Crippen molar-refractivity contribution in [3.8, 4) is 0 Å². The summed E-state index contributed by atoms with van der Waals surface area (Å²) < 4.78 is 0. The van der Waals surface area contributed by atoms with E-state index in [0.29, 0.717) is 6.61 Å². The molecule has 0 saturated heterocycles. The molecule has 0 amide bonds. The molecule has 3 N–H and O–H groups in total. The molecule has 0 radical (unpaired) electrons. The van der Waals surface area contributed by atoms with E-state index in [1.807, 2.05) is 6.92 Å². The zero-order chi connectivity index (χ0) is 11.0. The van der Waals surface area contributed by atoms with Gasteiger partial charge in [-0.25, -0.2) is 9.78 Å². The minimum absolute atomic E-state index is 0.140. The standard InChI is InChI=1S/C8H16O6/c1-2-3-13-14-5-7(11)8(12)6(10)4-9/h4,6-8,10-12H,2-3,5H2,1H3/t6-,7-,8+/m1/s1. The van der Waals surface area contributed by atoms with E-state index >= 15 is 0 Å². The zero-order valence-corrected chi connectivity index (χ0v) is 8.00. The van der Waals surface area contributed by atoms with E-state index in [1.165, 1.54) is 0 Å². The van der Waals surface area contributed by atoms with Crippen molar-refractivity contribution in [2.75, 3.05) is 13.2 Å². The van der Waals surface area contributed by atoms with Gasteiger partial charge in [0.05, 0.1) is 6.61 Å². The van der Waals surface area contributed by atoms with Crippen LogP contribution in [0.4, 0.5) is 0 Å². The molecule has 0 fully saturated rings. The van der Waals surface area contributed by atoms with Crippen LogP contribution in [0.25, 0.3) is 0 Å². The second-order valence-electron chi connectivity index (χ2n) is 2.79. The minimum Gasteiger partial charge on any atom is -0.388 e. The topological polar surface area (TPSA) is 96.2 Å². The molecule has 0 rings (SSSR count). The average molecular weight is 208 g/mol. The number of aliphatic hydroxyl groups excluding tert-OH is 3. The van der Waals surface area contributed by atoms with Crippen LogP contribution in [0.2, 0.25) is 0 Å². The van der Waals surface area contributed by atoms with Crippen LogP contribution in [0, 0.1) is 0 Å². The molecule has 84 valence electrons. The Balaban J connectivity index is 3.61. The first-order valence-corrected chi connectivity index (χ1v) is 4.37. The Labute approximate surface area is 82.0 Å². The van der Waals surface area contributed by atoms with Crippen molar-refractivity contribution >= 4 is 6.29 Å². The zero-order valence-electron chi connectivity index (χ0n) is 8.00. The number of aliphatic hydroxyl groups is 3. The Morgan fingerprint density at radius 3 is 2.43 bits per heavy atom. The molecule has 0 aliphatic heterocycles. The van der Waals surface area contributed by atoms with E-state index in [2.05, 4.69) is 9.78 Å². The first-order valence-electron chi connectivity index (χ1n) is 4.37. The maximum atomic E-state index is 10.0. The van der Waals surface area contributed by atoms with Crippen molar-refractivity contribution in [1.82, 2.24) is 0 Å². The van der Waals surface area contributed by atoms with Gasteiger partial charge in [-0.1, -0.05) is 6.92 Å². The highest BCUT2D eigenvalue weighted by Gasteiger charge is 2.24. The molecule has 0 heterocycles. The van der Waals surface area contributed by atoms with Crippen LogP contribution in [0.3, 0.4) is 0 Å². The van der Waals surface area contributed by atoms with Crippen LogP contribution in [0.15, 0.2) is 0 Å². The third-order valence-electron chi connectivity index (χ3n) is 1.49. The predicted octanol–water partition coefficient (Wildman–Crippen LogP) is -1.37. The summed E-state index contributed by atoms with van der Waals surface area (Å²) in [6.45, 7) is 1.95. The maximum Gasteiger partial charge on any atom is 0.151 e. The fourth-order valence-corrected chi connectivity index (χ4v) is 0.667. The molecule has 0 spiro atoms. The Kier molecular flexibility index (Phi) is 7.54. The molecule has 0 unspecified atom stereocenters. The summed E-state index contributed by atoms with van der Waals surface area (Å²) >= 11 is 0. The van der Waals surface area contributed by atoms with Gasteiger partial charge in [-0.15, -0.1) is 0 Å². The third kappa shape index (κ3) is 5.25. The normalized spacial score (nSPS) is 17.4.